The lowest BCUT2D eigenvalue weighted by atomic mass is 10.2. The van der Waals surface area contributed by atoms with Crippen LogP contribution in [0.4, 0.5) is 5.69 Å². The van der Waals surface area contributed by atoms with Crippen LogP contribution in [0, 0.1) is 0 Å². The molecule has 0 aliphatic carbocycles. The number of hydrogen-bond acceptors (Lipinski definition) is 7. The average molecular weight is 473 g/mol. The molecule has 3 aromatic rings. The van der Waals surface area contributed by atoms with Crippen LogP contribution in [0.3, 0.4) is 0 Å². The number of carbonyl (C=O) groups is 1. The molecule has 33 heavy (non-hydrogen) atoms. The molecule has 1 aromatic heterocycles. The third-order valence-corrected chi connectivity index (χ3v) is 7.08. The number of ether oxygens (including phenoxy) is 3. The molecular weight excluding hydrogens is 448 g/mol. The van der Waals surface area contributed by atoms with Gasteiger partial charge in [0.05, 0.1) is 43.7 Å². The Morgan fingerprint density at radius 3 is 2.42 bits per heavy atom. The smallest absolute Gasteiger partial charge is 0.276 e. The molecule has 0 saturated carbocycles. The van der Waals surface area contributed by atoms with E-state index in [1.807, 2.05) is 12.1 Å². The Morgan fingerprint density at radius 2 is 1.76 bits per heavy atom. The first kappa shape index (κ1) is 22.8. The Labute approximate surface area is 191 Å². The Bertz CT molecular complexity index is 1230. The molecule has 1 fully saturated rings. The summed E-state index contributed by atoms with van der Waals surface area (Å²) in [6.45, 7) is 1.24. The number of benzene rings is 2. The quantitative estimate of drug-likeness (QED) is 0.561. The highest BCUT2D eigenvalue weighted by Crippen LogP contribution is 2.29. The van der Waals surface area contributed by atoms with Crippen molar-refractivity contribution in [3.05, 3.63) is 60.4 Å². The van der Waals surface area contributed by atoms with E-state index in [2.05, 4.69) is 10.4 Å². The number of rotatable bonds is 7. The Hall–Kier alpha value is -3.41. The van der Waals surface area contributed by atoms with E-state index in [0.29, 0.717) is 24.7 Å². The summed E-state index contributed by atoms with van der Waals surface area (Å²) >= 11 is 0. The molecule has 0 spiro atoms. The molecule has 2 aromatic carbocycles. The van der Waals surface area contributed by atoms with Crippen LogP contribution in [-0.4, -0.2) is 68.9 Å². The maximum absolute atomic E-state index is 13.0. The predicted molar refractivity (Wildman–Crippen MR) is 121 cm³/mol. The maximum atomic E-state index is 13.0. The fraction of sp³-hybridized carbons (Fsp3) is 0.273. The zero-order chi connectivity index (χ0) is 23.4. The second-order valence-electron chi connectivity index (χ2n) is 7.18. The van der Waals surface area contributed by atoms with Crippen molar-refractivity contribution in [2.45, 2.75) is 4.90 Å². The van der Waals surface area contributed by atoms with Gasteiger partial charge in [-0.05, 0) is 48.5 Å². The molecule has 4 rings (SSSR count). The first-order chi connectivity index (χ1) is 15.9. The van der Waals surface area contributed by atoms with E-state index < -0.39 is 15.9 Å². The van der Waals surface area contributed by atoms with Crippen LogP contribution in [-0.2, 0) is 14.8 Å². The van der Waals surface area contributed by atoms with Gasteiger partial charge in [-0.3, -0.25) is 4.79 Å². The minimum Gasteiger partial charge on any atom is -0.497 e. The molecule has 1 aliphatic rings. The van der Waals surface area contributed by atoms with Crippen LogP contribution >= 0.6 is 0 Å². The van der Waals surface area contributed by atoms with E-state index in [9.17, 15) is 13.2 Å². The molecule has 1 amide bonds. The molecule has 2 heterocycles. The fourth-order valence-corrected chi connectivity index (χ4v) is 4.83. The fourth-order valence-electron chi connectivity index (χ4n) is 3.39. The molecule has 0 atom stereocenters. The lowest BCUT2D eigenvalue weighted by Gasteiger charge is -2.26. The number of nitrogens with one attached hydrogen (secondary N) is 1. The molecule has 11 heteroatoms. The van der Waals surface area contributed by atoms with Crippen LogP contribution in [0.1, 0.15) is 10.5 Å². The maximum Gasteiger partial charge on any atom is 0.276 e. The van der Waals surface area contributed by atoms with Crippen molar-refractivity contribution >= 4 is 21.6 Å². The molecule has 1 saturated heterocycles. The zero-order valence-electron chi connectivity index (χ0n) is 18.2. The third-order valence-electron chi connectivity index (χ3n) is 5.19. The molecule has 0 unspecified atom stereocenters. The monoisotopic (exact) mass is 472 g/mol. The molecule has 174 valence electrons. The summed E-state index contributed by atoms with van der Waals surface area (Å²) in [6.07, 6.45) is 1.66. The minimum atomic E-state index is -3.73. The topological polar surface area (TPSA) is 112 Å². The minimum absolute atomic E-state index is 0.0595. The van der Waals surface area contributed by atoms with Gasteiger partial charge in [-0.1, -0.05) is 0 Å². The Morgan fingerprint density at radius 1 is 1.03 bits per heavy atom. The van der Waals surface area contributed by atoms with Crippen molar-refractivity contribution in [1.82, 2.24) is 14.1 Å². The van der Waals surface area contributed by atoms with Crippen molar-refractivity contribution in [1.29, 1.82) is 0 Å². The number of carbonyl (C=O) groups excluding carboxylic acids is 1. The average Bonchev–Trinajstić information content (AvgIpc) is 3.35. The molecular formula is C22H24N4O6S. The number of aromatic nitrogens is 2. The van der Waals surface area contributed by atoms with Gasteiger partial charge in [0.15, 0.2) is 5.69 Å². The number of amides is 1. The van der Waals surface area contributed by atoms with Crippen molar-refractivity contribution in [3.63, 3.8) is 0 Å². The van der Waals surface area contributed by atoms with Crippen LogP contribution in [0.15, 0.2) is 59.6 Å². The largest absolute Gasteiger partial charge is 0.497 e. The van der Waals surface area contributed by atoms with Gasteiger partial charge in [0.25, 0.3) is 5.91 Å². The van der Waals surface area contributed by atoms with E-state index in [-0.39, 0.29) is 29.4 Å². The predicted octanol–water partition coefficient (Wildman–Crippen LogP) is 2.16. The van der Waals surface area contributed by atoms with E-state index in [0.717, 1.165) is 5.69 Å². The number of morpholine rings is 1. The van der Waals surface area contributed by atoms with Gasteiger partial charge in [-0.25, -0.2) is 13.1 Å². The molecule has 10 nitrogen and oxygen atoms in total. The summed E-state index contributed by atoms with van der Waals surface area (Å²) in [5.74, 6) is 0.545. The van der Waals surface area contributed by atoms with Gasteiger partial charge < -0.3 is 19.5 Å². The molecule has 0 bridgehead atoms. The normalized spacial score (nSPS) is 14.6. The van der Waals surface area contributed by atoms with Gasteiger partial charge in [0, 0.05) is 19.3 Å². The van der Waals surface area contributed by atoms with Gasteiger partial charge in [0.2, 0.25) is 10.0 Å². The highest BCUT2D eigenvalue weighted by Gasteiger charge is 2.27. The summed E-state index contributed by atoms with van der Waals surface area (Å²) < 4.78 is 44.6. The summed E-state index contributed by atoms with van der Waals surface area (Å²) in [7, 11) is -0.703. The number of anilines is 1. The van der Waals surface area contributed by atoms with Crippen molar-refractivity contribution in [3.8, 4) is 17.2 Å². The van der Waals surface area contributed by atoms with Gasteiger partial charge >= 0.3 is 0 Å². The first-order valence-corrected chi connectivity index (χ1v) is 11.6. The number of sulfonamides is 1. The van der Waals surface area contributed by atoms with Crippen molar-refractivity contribution in [2.24, 2.45) is 0 Å². The molecule has 1 aliphatic heterocycles. The van der Waals surface area contributed by atoms with Crippen LogP contribution in [0.2, 0.25) is 0 Å². The Kier molecular flexibility index (Phi) is 6.63. The third kappa shape index (κ3) is 4.85. The van der Waals surface area contributed by atoms with Gasteiger partial charge in [0.1, 0.15) is 11.5 Å². The van der Waals surface area contributed by atoms with E-state index in [1.165, 1.54) is 29.6 Å². The summed E-state index contributed by atoms with van der Waals surface area (Å²) in [5.41, 5.74) is 1.15. The standard InChI is InChI=1S/C22H24N4O6S/c1-30-17-5-3-16(4-6-17)26-10-9-19(24-26)22(27)23-20-15-18(7-8-21(20)31-2)33(28,29)25-11-13-32-14-12-25/h3-10,15H,11-14H2,1-2H3,(H,23,27). The van der Waals surface area contributed by atoms with Gasteiger partial charge in [-0.2, -0.15) is 9.40 Å². The van der Waals surface area contributed by atoms with Crippen molar-refractivity contribution < 1.29 is 27.4 Å². The van der Waals surface area contributed by atoms with E-state index in [1.54, 1.807) is 36.2 Å². The zero-order valence-corrected chi connectivity index (χ0v) is 19.0. The molecule has 0 radical (unpaired) electrons. The van der Waals surface area contributed by atoms with Crippen LogP contribution in [0.5, 0.6) is 11.5 Å². The summed E-state index contributed by atoms with van der Waals surface area (Å²) in [4.78, 5) is 12.9. The summed E-state index contributed by atoms with van der Waals surface area (Å²) in [6, 6.07) is 13.1. The van der Waals surface area contributed by atoms with E-state index >= 15 is 0 Å². The van der Waals surface area contributed by atoms with Crippen molar-refractivity contribution in [2.75, 3.05) is 45.8 Å². The number of methoxy groups -OCH3 is 2. The van der Waals surface area contributed by atoms with E-state index in [4.69, 9.17) is 14.2 Å². The second kappa shape index (κ2) is 9.61. The number of nitrogens with zero attached hydrogens (tertiary/aromatic N) is 3. The highest BCUT2D eigenvalue weighted by atomic mass is 32.2. The second-order valence-corrected chi connectivity index (χ2v) is 9.11. The SMILES string of the molecule is COc1ccc(-n2ccc(C(=O)Nc3cc(S(=O)(=O)N4CCOCC4)ccc3OC)n2)cc1. The van der Waals surface area contributed by atoms with Gasteiger partial charge in [-0.15, -0.1) is 0 Å². The first-order valence-electron chi connectivity index (χ1n) is 10.2. The number of hydrogen-bond donors (Lipinski definition) is 1. The Balaban J connectivity index is 1.56. The lowest BCUT2D eigenvalue weighted by molar-refractivity contribution is 0.0730. The molecule has 1 N–H and O–H groups in total. The lowest BCUT2D eigenvalue weighted by Crippen LogP contribution is -2.40. The van der Waals surface area contributed by atoms with Crippen LogP contribution < -0.4 is 14.8 Å². The van der Waals surface area contributed by atoms with Crippen LogP contribution in [0.25, 0.3) is 5.69 Å². The summed E-state index contributed by atoms with van der Waals surface area (Å²) in [5, 5.41) is 7.02. The highest BCUT2D eigenvalue weighted by molar-refractivity contribution is 7.89.